The van der Waals surface area contributed by atoms with Gasteiger partial charge in [0.15, 0.2) is 0 Å². The maximum Gasteiger partial charge on any atom is 0.0465 e. The summed E-state index contributed by atoms with van der Waals surface area (Å²) in [5.41, 5.74) is 18.7. The second kappa shape index (κ2) is 11.9. The summed E-state index contributed by atoms with van der Waals surface area (Å²) >= 11 is 0. The number of hydrogen-bond acceptors (Lipinski definition) is 1. The molecule has 0 unspecified atom stereocenters. The third kappa shape index (κ3) is 4.89. The topological polar surface area (TPSA) is 3.24 Å². The van der Waals surface area contributed by atoms with Crippen LogP contribution in [0, 0.1) is 0 Å². The average molecular weight is 650 g/mol. The van der Waals surface area contributed by atoms with Crippen molar-refractivity contribution in [3.63, 3.8) is 0 Å². The van der Waals surface area contributed by atoms with Gasteiger partial charge in [-0.05, 0) is 122 Å². The van der Waals surface area contributed by atoms with Gasteiger partial charge in [-0.2, -0.15) is 0 Å². The summed E-state index contributed by atoms with van der Waals surface area (Å²) in [4.78, 5) is 2.44. The molecule has 6 aromatic carbocycles. The molecule has 0 heterocycles. The number of para-hydroxylation sites is 1. The summed E-state index contributed by atoms with van der Waals surface area (Å²) in [6.45, 7) is 9.53. The van der Waals surface area contributed by atoms with Crippen molar-refractivity contribution in [1.82, 2.24) is 0 Å². The largest absolute Gasteiger partial charge is 0.310 e. The van der Waals surface area contributed by atoms with E-state index < -0.39 is 0 Å². The van der Waals surface area contributed by atoms with E-state index in [1.807, 2.05) is 0 Å². The highest BCUT2D eigenvalue weighted by Gasteiger charge is 2.38. The second-order valence-electron chi connectivity index (χ2n) is 16.0. The highest BCUT2D eigenvalue weighted by atomic mass is 15.1. The van der Waals surface area contributed by atoms with Gasteiger partial charge in [-0.15, -0.1) is 0 Å². The zero-order chi connectivity index (χ0) is 34.0. The van der Waals surface area contributed by atoms with Crippen LogP contribution in [0.15, 0.2) is 133 Å². The Morgan fingerprint density at radius 1 is 0.440 bits per heavy atom. The molecule has 50 heavy (non-hydrogen) atoms. The molecule has 248 valence electrons. The van der Waals surface area contributed by atoms with Gasteiger partial charge in [0.05, 0.1) is 0 Å². The number of nitrogens with zero attached hydrogens (tertiary/aromatic N) is 1. The van der Waals surface area contributed by atoms with Crippen LogP contribution in [-0.2, 0) is 10.8 Å². The Morgan fingerprint density at radius 2 is 1.06 bits per heavy atom. The smallest absolute Gasteiger partial charge is 0.0465 e. The lowest BCUT2D eigenvalue weighted by molar-refractivity contribution is 0.592. The molecule has 1 heteroatoms. The Bertz CT molecular complexity index is 2210. The zero-order valence-corrected chi connectivity index (χ0v) is 30.0. The SMILES string of the molecule is CC1(C)c2ccc(-c3cccc4c3-c3ccccc3C4(C)C)cc2-c2ccc(N(c3ccccc3)c3ccc(C4CCCCCC4)cc3)cc21. The van der Waals surface area contributed by atoms with Crippen molar-refractivity contribution in [2.75, 3.05) is 4.90 Å². The van der Waals surface area contributed by atoms with Crippen LogP contribution < -0.4 is 4.90 Å². The van der Waals surface area contributed by atoms with Crippen molar-refractivity contribution in [1.29, 1.82) is 0 Å². The molecule has 1 fully saturated rings. The van der Waals surface area contributed by atoms with Crippen LogP contribution in [0.2, 0.25) is 0 Å². The van der Waals surface area contributed by atoms with Crippen molar-refractivity contribution in [3.8, 4) is 33.4 Å². The normalized spacial score (nSPS) is 17.0. The van der Waals surface area contributed by atoms with Gasteiger partial charge in [-0.3, -0.25) is 0 Å². The van der Waals surface area contributed by atoms with E-state index in [-0.39, 0.29) is 10.8 Å². The van der Waals surface area contributed by atoms with Crippen molar-refractivity contribution in [2.45, 2.75) is 83.0 Å². The van der Waals surface area contributed by atoms with Crippen molar-refractivity contribution in [2.24, 2.45) is 0 Å². The van der Waals surface area contributed by atoms with Crippen LogP contribution in [0.3, 0.4) is 0 Å². The Hall–Kier alpha value is -4.88. The van der Waals surface area contributed by atoms with E-state index >= 15 is 0 Å². The van der Waals surface area contributed by atoms with Crippen LogP contribution in [0.4, 0.5) is 17.1 Å². The lowest BCUT2D eigenvalue weighted by Crippen LogP contribution is -2.16. The third-order valence-electron chi connectivity index (χ3n) is 12.3. The molecule has 0 amide bonds. The number of hydrogen-bond donors (Lipinski definition) is 0. The van der Waals surface area contributed by atoms with Gasteiger partial charge in [0, 0.05) is 27.9 Å². The van der Waals surface area contributed by atoms with Gasteiger partial charge in [0.25, 0.3) is 0 Å². The Kier molecular flexibility index (Phi) is 7.39. The van der Waals surface area contributed by atoms with Crippen molar-refractivity contribution in [3.05, 3.63) is 161 Å². The predicted octanol–water partition coefficient (Wildman–Crippen LogP) is 13.9. The predicted molar refractivity (Wildman–Crippen MR) is 212 cm³/mol. The van der Waals surface area contributed by atoms with Crippen LogP contribution >= 0.6 is 0 Å². The van der Waals surface area contributed by atoms with E-state index in [0.717, 1.165) is 0 Å². The molecule has 6 aromatic rings. The first-order chi connectivity index (χ1) is 24.3. The second-order valence-corrected chi connectivity index (χ2v) is 16.0. The molecular weight excluding hydrogens is 603 g/mol. The molecule has 0 spiro atoms. The van der Waals surface area contributed by atoms with Gasteiger partial charge in [-0.25, -0.2) is 0 Å². The number of benzene rings is 6. The first-order valence-corrected chi connectivity index (χ1v) is 18.8. The maximum absolute atomic E-state index is 2.47. The van der Waals surface area contributed by atoms with Crippen molar-refractivity contribution >= 4 is 17.1 Å². The van der Waals surface area contributed by atoms with E-state index in [4.69, 9.17) is 0 Å². The first kappa shape index (κ1) is 31.1. The van der Waals surface area contributed by atoms with Gasteiger partial charge in [0.1, 0.15) is 0 Å². The molecule has 0 atom stereocenters. The molecule has 0 radical (unpaired) electrons. The Morgan fingerprint density at radius 3 is 1.84 bits per heavy atom. The van der Waals surface area contributed by atoms with E-state index in [9.17, 15) is 0 Å². The standard InChI is InChI=1S/C49H47N/c1-48(2)43-21-13-12-19-41(43)47-39(20-14-22-45(47)48)35-25-30-44-42(31-35)40-29-28-38(32-46(40)49(44,3)4)50(36-17-10-7-11-18-36)37-26-23-34(24-27-37)33-15-8-5-6-9-16-33/h7,10-14,17-33H,5-6,8-9,15-16H2,1-4H3. The van der Waals surface area contributed by atoms with Gasteiger partial charge in [0.2, 0.25) is 0 Å². The number of fused-ring (bicyclic) bond motifs is 6. The molecule has 1 saturated carbocycles. The molecule has 0 bridgehead atoms. The molecule has 0 saturated heterocycles. The van der Waals surface area contributed by atoms with E-state index in [0.29, 0.717) is 5.92 Å². The van der Waals surface area contributed by atoms with E-state index in [1.54, 1.807) is 0 Å². The van der Waals surface area contributed by atoms with Crippen molar-refractivity contribution < 1.29 is 0 Å². The monoisotopic (exact) mass is 649 g/mol. The van der Waals surface area contributed by atoms with Gasteiger partial charge in [-0.1, -0.05) is 144 Å². The maximum atomic E-state index is 2.47. The minimum Gasteiger partial charge on any atom is -0.310 e. The summed E-state index contributed by atoms with van der Waals surface area (Å²) in [6.07, 6.45) is 8.13. The van der Waals surface area contributed by atoms with Gasteiger partial charge < -0.3 is 4.90 Å². The fraction of sp³-hybridized carbons (Fsp3) is 0.265. The zero-order valence-electron chi connectivity index (χ0n) is 30.0. The lowest BCUT2D eigenvalue weighted by Gasteiger charge is -2.28. The molecule has 0 aromatic heterocycles. The summed E-state index contributed by atoms with van der Waals surface area (Å²) in [5, 5.41) is 0. The van der Waals surface area contributed by atoms with E-state index in [2.05, 4.69) is 166 Å². The highest BCUT2D eigenvalue weighted by molar-refractivity contribution is 5.95. The highest BCUT2D eigenvalue weighted by Crippen LogP contribution is 2.55. The minimum absolute atomic E-state index is 0.0101. The molecule has 3 aliphatic rings. The lowest BCUT2D eigenvalue weighted by atomic mass is 9.81. The summed E-state index contributed by atoms with van der Waals surface area (Å²) in [6, 6.07) is 50.7. The molecule has 0 aliphatic heterocycles. The summed E-state index contributed by atoms with van der Waals surface area (Å²) in [5.74, 6) is 0.694. The quantitative estimate of drug-likeness (QED) is 0.168. The molecule has 1 nitrogen and oxygen atoms in total. The molecular formula is C49H47N. The van der Waals surface area contributed by atoms with Crippen LogP contribution in [0.25, 0.3) is 33.4 Å². The first-order valence-electron chi connectivity index (χ1n) is 18.8. The fourth-order valence-corrected chi connectivity index (χ4v) is 9.58. The van der Waals surface area contributed by atoms with Gasteiger partial charge >= 0.3 is 0 Å². The molecule has 9 rings (SSSR count). The molecule has 0 N–H and O–H groups in total. The summed E-state index contributed by atoms with van der Waals surface area (Å²) < 4.78 is 0. The van der Waals surface area contributed by atoms with E-state index in [1.165, 1.54) is 117 Å². The van der Waals surface area contributed by atoms with Crippen LogP contribution in [0.5, 0.6) is 0 Å². The number of anilines is 3. The fourth-order valence-electron chi connectivity index (χ4n) is 9.58. The molecule has 3 aliphatic carbocycles. The Balaban J connectivity index is 1.12. The summed E-state index contributed by atoms with van der Waals surface area (Å²) in [7, 11) is 0. The van der Waals surface area contributed by atoms with Crippen LogP contribution in [0.1, 0.15) is 100.0 Å². The third-order valence-corrected chi connectivity index (χ3v) is 12.3. The Labute approximate surface area is 298 Å². The van der Waals surface area contributed by atoms with Crippen LogP contribution in [-0.4, -0.2) is 0 Å². The average Bonchev–Trinajstić information content (AvgIpc) is 3.34. The number of rotatable bonds is 5. The minimum atomic E-state index is -0.113.